The molecule has 0 saturated carbocycles. The van der Waals surface area contributed by atoms with E-state index in [1.807, 2.05) is 0 Å². The Morgan fingerprint density at radius 1 is 1.24 bits per heavy atom. The van der Waals surface area contributed by atoms with Crippen LogP contribution in [-0.2, 0) is 20.9 Å². The van der Waals surface area contributed by atoms with Crippen molar-refractivity contribution >= 4 is 17.7 Å². The first kappa shape index (κ1) is 15.0. The van der Waals surface area contributed by atoms with E-state index < -0.39 is 11.8 Å². The fourth-order valence-electron chi connectivity index (χ4n) is 2.27. The normalized spacial score (nSPS) is 15.5. The molecule has 7 nitrogen and oxygen atoms in total. The van der Waals surface area contributed by atoms with Gasteiger partial charge in [-0.1, -0.05) is 0 Å². The maximum atomic E-state index is 12.0. The number of hydrogen-bond donors (Lipinski definition) is 2. The lowest BCUT2D eigenvalue weighted by Gasteiger charge is -2.29. The molecule has 0 spiro atoms. The van der Waals surface area contributed by atoms with Crippen LogP contribution in [0.25, 0.3) is 0 Å². The monoisotopic (exact) mass is 290 g/mol. The first-order chi connectivity index (χ1) is 10.1. The van der Waals surface area contributed by atoms with Crippen LogP contribution in [0.1, 0.15) is 18.4 Å². The Morgan fingerprint density at radius 3 is 2.43 bits per heavy atom. The Kier molecular flexibility index (Phi) is 4.86. The number of carbonyl (C=O) groups excluding carboxylic acids is 3. The SMILES string of the molecule is NC(=O)C1CCN(C(=O)C(=O)NCc2ccncc2)CC1. The third kappa shape index (κ3) is 4.01. The van der Waals surface area contributed by atoms with Gasteiger partial charge >= 0.3 is 11.8 Å². The topological polar surface area (TPSA) is 105 Å². The van der Waals surface area contributed by atoms with E-state index in [1.54, 1.807) is 24.5 Å². The zero-order chi connectivity index (χ0) is 15.2. The van der Waals surface area contributed by atoms with Gasteiger partial charge < -0.3 is 16.0 Å². The average molecular weight is 290 g/mol. The summed E-state index contributed by atoms with van der Waals surface area (Å²) in [5.74, 6) is -1.74. The van der Waals surface area contributed by atoms with E-state index in [-0.39, 0.29) is 18.4 Å². The number of piperidine rings is 1. The minimum absolute atomic E-state index is 0.200. The van der Waals surface area contributed by atoms with Crippen molar-refractivity contribution in [3.8, 4) is 0 Å². The predicted molar refractivity (Wildman–Crippen MR) is 74.6 cm³/mol. The van der Waals surface area contributed by atoms with Gasteiger partial charge in [0.05, 0.1) is 0 Å². The fraction of sp³-hybridized carbons (Fsp3) is 0.429. The Balaban J connectivity index is 1.80. The van der Waals surface area contributed by atoms with Crippen LogP contribution in [-0.4, -0.2) is 40.7 Å². The molecule has 21 heavy (non-hydrogen) atoms. The zero-order valence-corrected chi connectivity index (χ0v) is 11.6. The number of hydrogen-bond acceptors (Lipinski definition) is 4. The Morgan fingerprint density at radius 2 is 1.86 bits per heavy atom. The van der Waals surface area contributed by atoms with E-state index in [9.17, 15) is 14.4 Å². The minimum atomic E-state index is -0.635. The summed E-state index contributed by atoms with van der Waals surface area (Å²) < 4.78 is 0. The maximum Gasteiger partial charge on any atom is 0.311 e. The first-order valence-corrected chi connectivity index (χ1v) is 6.83. The van der Waals surface area contributed by atoms with E-state index in [1.165, 1.54) is 4.90 Å². The molecule has 1 saturated heterocycles. The molecule has 0 unspecified atom stereocenters. The zero-order valence-electron chi connectivity index (χ0n) is 11.6. The molecule has 0 bridgehead atoms. The number of pyridine rings is 1. The molecule has 1 aliphatic heterocycles. The number of aromatic nitrogens is 1. The summed E-state index contributed by atoms with van der Waals surface area (Å²) in [6.07, 6.45) is 4.27. The van der Waals surface area contributed by atoms with E-state index in [0.29, 0.717) is 25.9 Å². The van der Waals surface area contributed by atoms with Crippen LogP contribution in [0.2, 0.25) is 0 Å². The Hall–Kier alpha value is -2.44. The summed E-state index contributed by atoms with van der Waals surface area (Å²) in [5.41, 5.74) is 6.11. The molecule has 0 aliphatic carbocycles. The van der Waals surface area contributed by atoms with Gasteiger partial charge in [-0.3, -0.25) is 19.4 Å². The maximum absolute atomic E-state index is 12.0. The molecule has 3 N–H and O–H groups in total. The van der Waals surface area contributed by atoms with Crippen LogP contribution in [0.15, 0.2) is 24.5 Å². The van der Waals surface area contributed by atoms with Crippen LogP contribution >= 0.6 is 0 Å². The van der Waals surface area contributed by atoms with Crippen LogP contribution in [0.4, 0.5) is 0 Å². The highest BCUT2D eigenvalue weighted by Gasteiger charge is 2.28. The van der Waals surface area contributed by atoms with Gasteiger partial charge in [0.15, 0.2) is 0 Å². The van der Waals surface area contributed by atoms with Crippen molar-refractivity contribution in [2.75, 3.05) is 13.1 Å². The fourth-order valence-corrected chi connectivity index (χ4v) is 2.27. The molecule has 0 radical (unpaired) electrons. The molecule has 112 valence electrons. The molecule has 2 heterocycles. The average Bonchev–Trinajstić information content (AvgIpc) is 2.53. The van der Waals surface area contributed by atoms with Gasteiger partial charge in [-0.15, -0.1) is 0 Å². The van der Waals surface area contributed by atoms with E-state index >= 15 is 0 Å². The van der Waals surface area contributed by atoms with Gasteiger partial charge in [-0.25, -0.2) is 0 Å². The highest BCUT2D eigenvalue weighted by atomic mass is 16.2. The summed E-state index contributed by atoms with van der Waals surface area (Å²) in [6, 6.07) is 3.53. The van der Waals surface area contributed by atoms with Crippen molar-refractivity contribution in [3.63, 3.8) is 0 Å². The third-order valence-electron chi connectivity index (χ3n) is 3.58. The first-order valence-electron chi connectivity index (χ1n) is 6.83. The van der Waals surface area contributed by atoms with Gasteiger partial charge in [0.1, 0.15) is 0 Å². The molecular formula is C14H18N4O3. The summed E-state index contributed by atoms with van der Waals surface area (Å²) in [5, 5.41) is 2.58. The van der Waals surface area contributed by atoms with Crippen molar-refractivity contribution < 1.29 is 14.4 Å². The summed E-state index contributed by atoms with van der Waals surface area (Å²) >= 11 is 0. The van der Waals surface area contributed by atoms with Crippen molar-refractivity contribution in [3.05, 3.63) is 30.1 Å². The second kappa shape index (κ2) is 6.83. The molecule has 7 heteroatoms. The summed E-state index contributed by atoms with van der Waals surface area (Å²) in [7, 11) is 0. The van der Waals surface area contributed by atoms with Crippen LogP contribution in [0.3, 0.4) is 0 Å². The van der Waals surface area contributed by atoms with Gasteiger partial charge in [0, 0.05) is 37.9 Å². The van der Waals surface area contributed by atoms with E-state index in [0.717, 1.165) is 5.56 Å². The number of primary amides is 1. The number of nitrogens with two attached hydrogens (primary N) is 1. The second-order valence-corrected chi connectivity index (χ2v) is 5.01. The molecule has 1 aromatic rings. The van der Waals surface area contributed by atoms with Crippen LogP contribution < -0.4 is 11.1 Å². The quantitative estimate of drug-likeness (QED) is 0.727. The minimum Gasteiger partial charge on any atom is -0.369 e. The molecular weight excluding hydrogens is 272 g/mol. The Bertz CT molecular complexity index is 524. The van der Waals surface area contributed by atoms with E-state index in [2.05, 4.69) is 10.3 Å². The number of rotatable bonds is 3. The smallest absolute Gasteiger partial charge is 0.311 e. The van der Waals surface area contributed by atoms with Gasteiger partial charge in [0.25, 0.3) is 0 Å². The number of nitrogens with one attached hydrogen (secondary N) is 1. The van der Waals surface area contributed by atoms with E-state index in [4.69, 9.17) is 5.73 Å². The molecule has 1 aromatic heterocycles. The van der Waals surface area contributed by atoms with Crippen LogP contribution in [0.5, 0.6) is 0 Å². The molecule has 2 rings (SSSR count). The molecule has 0 atom stereocenters. The number of amides is 3. The lowest BCUT2D eigenvalue weighted by atomic mass is 9.96. The highest BCUT2D eigenvalue weighted by molar-refractivity contribution is 6.35. The van der Waals surface area contributed by atoms with Crippen molar-refractivity contribution in [2.24, 2.45) is 11.7 Å². The molecule has 1 fully saturated rings. The van der Waals surface area contributed by atoms with Gasteiger partial charge in [-0.2, -0.15) is 0 Å². The molecule has 0 aromatic carbocycles. The number of carbonyl (C=O) groups is 3. The predicted octanol–water partition coefficient (Wildman–Crippen LogP) is -0.578. The lowest BCUT2D eigenvalue weighted by Crippen LogP contribution is -2.47. The number of nitrogens with zero attached hydrogens (tertiary/aromatic N) is 2. The van der Waals surface area contributed by atoms with Gasteiger partial charge in [-0.05, 0) is 30.5 Å². The largest absolute Gasteiger partial charge is 0.369 e. The summed E-state index contributed by atoms with van der Waals surface area (Å²) in [6.45, 7) is 1.05. The number of likely N-dealkylation sites (tertiary alicyclic amines) is 1. The highest BCUT2D eigenvalue weighted by Crippen LogP contribution is 2.16. The molecule has 3 amide bonds. The second-order valence-electron chi connectivity index (χ2n) is 5.01. The standard InChI is InChI=1S/C14H18N4O3/c15-12(19)11-3-7-18(8-4-11)14(21)13(20)17-9-10-1-5-16-6-2-10/h1-2,5-6,11H,3-4,7-9H2,(H2,15,19)(H,17,20). The van der Waals surface area contributed by atoms with Gasteiger partial charge in [0.2, 0.25) is 5.91 Å². The van der Waals surface area contributed by atoms with Crippen LogP contribution in [0, 0.1) is 5.92 Å². The third-order valence-corrected chi connectivity index (χ3v) is 3.58. The summed E-state index contributed by atoms with van der Waals surface area (Å²) in [4.78, 5) is 40.2. The molecule has 1 aliphatic rings. The lowest BCUT2D eigenvalue weighted by molar-refractivity contribution is -0.147. The van der Waals surface area contributed by atoms with Crippen molar-refractivity contribution in [1.29, 1.82) is 0 Å². The van der Waals surface area contributed by atoms with Crippen molar-refractivity contribution in [2.45, 2.75) is 19.4 Å². The Labute approximate surface area is 122 Å². The van der Waals surface area contributed by atoms with Crippen molar-refractivity contribution in [1.82, 2.24) is 15.2 Å².